The van der Waals surface area contributed by atoms with E-state index >= 15 is 0 Å². The van der Waals surface area contributed by atoms with E-state index in [0.29, 0.717) is 0 Å². The average molecular weight is 355 g/mol. The van der Waals surface area contributed by atoms with E-state index in [1.165, 1.54) is 22.1 Å². The molecular weight excluding hydrogens is 336 g/mol. The Bertz CT molecular complexity index is 810. The fourth-order valence-corrected chi connectivity index (χ4v) is 2.98. The largest absolute Gasteiger partial charge is 0.461 e. The van der Waals surface area contributed by atoms with Gasteiger partial charge in [0.25, 0.3) is 0 Å². The molecular formula is C20H19BrO. The standard InChI is InChI=1S/C20H19BrO/c1-3-4-5-6-19-14(2)18-13-16(9-12-20(18)22-19)15-7-10-17(21)11-8-15/h3-4,7-13H,5-6H2,1-2H3/b4-3-. The molecule has 0 amide bonds. The number of furan rings is 1. The molecule has 22 heavy (non-hydrogen) atoms. The summed E-state index contributed by atoms with van der Waals surface area (Å²) in [6, 6.07) is 14.9. The Morgan fingerprint density at radius 1 is 1.05 bits per heavy atom. The normalized spacial score (nSPS) is 11.6. The smallest absolute Gasteiger partial charge is 0.134 e. The minimum Gasteiger partial charge on any atom is -0.461 e. The molecule has 0 aliphatic heterocycles. The number of hydrogen-bond donors (Lipinski definition) is 0. The first kappa shape index (κ1) is 15.1. The quantitative estimate of drug-likeness (QED) is 0.476. The van der Waals surface area contributed by atoms with Gasteiger partial charge >= 0.3 is 0 Å². The molecule has 0 aliphatic rings. The summed E-state index contributed by atoms with van der Waals surface area (Å²) in [4.78, 5) is 0. The molecule has 1 heterocycles. The number of halogens is 1. The van der Waals surface area contributed by atoms with Crippen molar-refractivity contribution in [2.45, 2.75) is 26.7 Å². The molecule has 1 aromatic heterocycles. The third-order valence-corrected chi connectivity index (χ3v) is 4.51. The second kappa shape index (κ2) is 6.53. The van der Waals surface area contributed by atoms with Crippen LogP contribution in [0.2, 0.25) is 0 Å². The Morgan fingerprint density at radius 2 is 1.77 bits per heavy atom. The van der Waals surface area contributed by atoms with Gasteiger partial charge in [0.2, 0.25) is 0 Å². The van der Waals surface area contributed by atoms with Gasteiger partial charge in [-0.1, -0.05) is 46.3 Å². The van der Waals surface area contributed by atoms with Gasteiger partial charge in [0.1, 0.15) is 11.3 Å². The molecule has 3 rings (SSSR count). The van der Waals surface area contributed by atoms with Gasteiger partial charge in [0.05, 0.1) is 0 Å². The van der Waals surface area contributed by atoms with E-state index in [2.05, 4.69) is 84.4 Å². The molecule has 0 radical (unpaired) electrons. The van der Waals surface area contributed by atoms with Gasteiger partial charge in [-0.15, -0.1) is 0 Å². The highest BCUT2D eigenvalue weighted by molar-refractivity contribution is 9.10. The van der Waals surface area contributed by atoms with Crippen LogP contribution >= 0.6 is 15.9 Å². The summed E-state index contributed by atoms with van der Waals surface area (Å²) in [5.41, 5.74) is 4.69. The number of allylic oxidation sites excluding steroid dienone is 2. The van der Waals surface area contributed by atoms with E-state index in [1.807, 2.05) is 0 Å². The van der Waals surface area contributed by atoms with Crippen LogP contribution < -0.4 is 0 Å². The van der Waals surface area contributed by atoms with Gasteiger partial charge in [-0.05, 0) is 61.2 Å². The van der Waals surface area contributed by atoms with Crippen LogP contribution in [0.1, 0.15) is 24.7 Å². The SMILES string of the molecule is C/C=C\CCc1oc2ccc(-c3ccc(Br)cc3)cc2c1C. The highest BCUT2D eigenvalue weighted by Crippen LogP contribution is 2.31. The summed E-state index contributed by atoms with van der Waals surface area (Å²) >= 11 is 3.48. The van der Waals surface area contributed by atoms with E-state index in [1.54, 1.807) is 0 Å². The topological polar surface area (TPSA) is 13.1 Å². The van der Waals surface area contributed by atoms with Crippen molar-refractivity contribution in [1.82, 2.24) is 0 Å². The van der Waals surface area contributed by atoms with E-state index in [9.17, 15) is 0 Å². The van der Waals surface area contributed by atoms with Crippen molar-refractivity contribution in [2.24, 2.45) is 0 Å². The van der Waals surface area contributed by atoms with Gasteiger partial charge in [-0.2, -0.15) is 0 Å². The van der Waals surface area contributed by atoms with Crippen LogP contribution in [0.5, 0.6) is 0 Å². The Balaban J connectivity index is 1.98. The molecule has 0 N–H and O–H groups in total. The summed E-state index contributed by atoms with van der Waals surface area (Å²) in [6.45, 7) is 4.21. The zero-order valence-corrected chi connectivity index (χ0v) is 14.5. The monoisotopic (exact) mass is 354 g/mol. The Labute approximate surface area is 139 Å². The van der Waals surface area contributed by atoms with Crippen LogP contribution in [0.25, 0.3) is 22.1 Å². The molecule has 1 nitrogen and oxygen atoms in total. The maximum Gasteiger partial charge on any atom is 0.134 e. The first-order valence-electron chi connectivity index (χ1n) is 7.58. The van der Waals surface area contributed by atoms with Crippen LogP contribution in [0.15, 0.2) is 63.5 Å². The molecule has 2 aromatic carbocycles. The molecule has 0 saturated heterocycles. The van der Waals surface area contributed by atoms with Crippen LogP contribution in [0.3, 0.4) is 0 Å². The summed E-state index contributed by atoms with van der Waals surface area (Å²) in [5, 5.41) is 1.22. The third kappa shape index (κ3) is 3.02. The number of aryl methyl sites for hydroxylation is 2. The van der Waals surface area contributed by atoms with Gasteiger partial charge in [0.15, 0.2) is 0 Å². The van der Waals surface area contributed by atoms with Gasteiger partial charge in [0, 0.05) is 16.3 Å². The number of hydrogen-bond acceptors (Lipinski definition) is 1. The number of benzene rings is 2. The van der Waals surface area contributed by atoms with Crippen LogP contribution in [0, 0.1) is 6.92 Å². The molecule has 112 valence electrons. The Kier molecular flexibility index (Phi) is 4.49. The number of rotatable bonds is 4. The van der Waals surface area contributed by atoms with E-state index < -0.39 is 0 Å². The van der Waals surface area contributed by atoms with Crippen molar-refractivity contribution in [2.75, 3.05) is 0 Å². The van der Waals surface area contributed by atoms with E-state index in [4.69, 9.17) is 4.42 Å². The fourth-order valence-electron chi connectivity index (χ4n) is 2.71. The fraction of sp³-hybridized carbons (Fsp3) is 0.200. The third-order valence-electron chi connectivity index (χ3n) is 3.99. The predicted molar refractivity (Wildman–Crippen MR) is 97.2 cm³/mol. The zero-order valence-electron chi connectivity index (χ0n) is 12.9. The van der Waals surface area contributed by atoms with E-state index in [-0.39, 0.29) is 0 Å². The molecule has 2 heteroatoms. The molecule has 0 aliphatic carbocycles. The van der Waals surface area contributed by atoms with E-state index in [0.717, 1.165) is 28.7 Å². The van der Waals surface area contributed by atoms with Crippen LogP contribution in [-0.2, 0) is 6.42 Å². The Hall–Kier alpha value is -1.80. The van der Waals surface area contributed by atoms with Crippen molar-refractivity contribution < 1.29 is 4.42 Å². The Morgan fingerprint density at radius 3 is 2.50 bits per heavy atom. The molecule has 3 aromatic rings. The van der Waals surface area contributed by atoms with Crippen molar-refractivity contribution >= 4 is 26.9 Å². The summed E-state index contributed by atoms with van der Waals surface area (Å²) in [7, 11) is 0. The van der Waals surface area contributed by atoms with Gasteiger partial charge in [-0.3, -0.25) is 0 Å². The lowest BCUT2D eigenvalue weighted by Crippen LogP contribution is -1.83. The summed E-state index contributed by atoms with van der Waals surface area (Å²) in [5.74, 6) is 1.10. The maximum atomic E-state index is 6.01. The minimum absolute atomic E-state index is 0.957. The lowest BCUT2D eigenvalue weighted by Gasteiger charge is -2.02. The van der Waals surface area contributed by atoms with Crippen LogP contribution in [-0.4, -0.2) is 0 Å². The van der Waals surface area contributed by atoms with Crippen molar-refractivity contribution in [1.29, 1.82) is 0 Å². The second-order valence-corrected chi connectivity index (χ2v) is 6.39. The molecule has 0 spiro atoms. The molecule has 0 atom stereocenters. The van der Waals surface area contributed by atoms with Crippen molar-refractivity contribution in [3.05, 3.63) is 70.4 Å². The molecule has 0 fully saturated rings. The lowest BCUT2D eigenvalue weighted by atomic mass is 10.0. The van der Waals surface area contributed by atoms with Gasteiger partial charge in [-0.25, -0.2) is 0 Å². The molecule has 0 saturated carbocycles. The highest BCUT2D eigenvalue weighted by atomic mass is 79.9. The lowest BCUT2D eigenvalue weighted by molar-refractivity contribution is 0.545. The first-order valence-corrected chi connectivity index (χ1v) is 8.37. The molecule has 0 unspecified atom stereocenters. The first-order chi connectivity index (χ1) is 10.7. The molecule has 0 bridgehead atoms. The zero-order chi connectivity index (χ0) is 15.5. The van der Waals surface area contributed by atoms with Gasteiger partial charge < -0.3 is 4.42 Å². The highest BCUT2D eigenvalue weighted by Gasteiger charge is 2.11. The predicted octanol–water partition coefficient (Wildman–Crippen LogP) is 6.68. The second-order valence-electron chi connectivity index (χ2n) is 5.48. The minimum atomic E-state index is 0.957. The summed E-state index contributed by atoms with van der Waals surface area (Å²) in [6.07, 6.45) is 6.25. The van der Waals surface area contributed by atoms with Crippen molar-refractivity contribution in [3.63, 3.8) is 0 Å². The number of fused-ring (bicyclic) bond motifs is 1. The van der Waals surface area contributed by atoms with Crippen molar-refractivity contribution in [3.8, 4) is 11.1 Å². The maximum absolute atomic E-state index is 6.01. The van der Waals surface area contributed by atoms with Crippen LogP contribution in [0.4, 0.5) is 0 Å². The average Bonchev–Trinajstić information content (AvgIpc) is 2.84. The summed E-state index contributed by atoms with van der Waals surface area (Å²) < 4.78 is 7.11.